The molecule has 0 aliphatic carbocycles. The van der Waals surface area contributed by atoms with Gasteiger partial charge < -0.3 is 15.3 Å². The van der Waals surface area contributed by atoms with Gasteiger partial charge >= 0.3 is 12.1 Å². The minimum atomic E-state index is -4.55. The zero-order valence-corrected chi connectivity index (χ0v) is 13.4. The van der Waals surface area contributed by atoms with Gasteiger partial charge in [0.05, 0.1) is 23.4 Å². The number of carbonyl (C=O) groups is 2. The third kappa shape index (κ3) is 5.00. The number of rotatable bonds is 7. The third-order valence-corrected chi connectivity index (χ3v) is 3.38. The van der Waals surface area contributed by atoms with Crippen molar-refractivity contribution in [2.45, 2.75) is 26.4 Å². The molecule has 8 heteroatoms. The molecule has 0 radical (unpaired) electrons. The number of aliphatic carboxylic acids is 1. The van der Waals surface area contributed by atoms with Gasteiger partial charge in [-0.2, -0.15) is 13.2 Å². The predicted octanol–water partition coefficient (Wildman–Crippen LogP) is 3.52. The normalized spacial score (nSPS) is 11.0. The van der Waals surface area contributed by atoms with Gasteiger partial charge in [0, 0.05) is 18.7 Å². The summed E-state index contributed by atoms with van der Waals surface area (Å²) in [5.41, 5.74) is -0.825. The van der Waals surface area contributed by atoms with Gasteiger partial charge in [-0.3, -0.25) is 4.79 Å². The quantitative estimate of drug-likeness (QED) is 0.743. The topological polar surface area (TPSA) is 69.6 Å². The second-order valence-electron chi connectivity index (χ2n) is 5.04. The van der Waals surface area contributed by atoms with Crippen LogP contribution in [0.25, 0.3) is 0 Å². The van der Waals surface area contributed by atoms with E-state index >= 15 is 0 Å². The number of carboxylic acid groups (broad SMARTS) is 1. The number of benzene rings is 1. The van der Waals surface area contributed by atoms with E-state index in [4.69, 9.17) is 5.11 Å². The van der Waals surface area contributed by atoms with Crippen molar-refractivity contribution in [3.63, 3.8) is 0 Å². The average Bonchev–Trinajstić information content (AvgIpc) is 2.48. The van der Waals surface area contributed by atoms with Crippen LogP contribution in [0.15, 0.2) is 30.4 Å². The van der Waals surface area contributed by atoms with Gasteiger partial charge in [-0.25, -0.2) is 4.79 Å². The summed E-state index contributed by atoms with van der Waals surface area (Å²) >= 11 is 0. The molecule has 1 aromatic rings. The highest BCUT2D eigenvalue weighted by Gasteiger charge is 2.31. The van der Waals surface area contributed by atoms with Gasteiger partial charge in [-0.1, -0.05) is 6.58 Å². The number of carboxylic acids is 1. The molecule has 0 aliphatic heterocycles. The summed E-state index contributed by atoms with van der Waals surface area (Å²) in [6.45, 7) is 7.97. The van der Waals surface area contributed by atoms with Crippen molar-refractivity contribution in [1.82, 2.24) is 0 Å². The number of amides is 1. The van der Waals surface area contributed by atoms with E-state index in [1.165, 1.54) is 6.07 Å². The number of halogens is 3. The number of hydrogen-bond acceptors (Lipinski definition) is 3. The number of hydrogen-bond donors (Lipinski definition) is 2. The molecule has 5 nitrogen and oxygen atoms in total. The lowest BCUT2D eigenvalue weighted by molar-refractivity contribution is -0.137. The van der Waals surface area contributed by atoms with Crippen molar-refractivity contribution in [3.8, 4) is 0 Å². The SMILES string of the molecule is C=C(CC(=O)Nc1cc(C(F)(F)F)ccc1N(CC)CC)C(=O)O. The van der Waals surface area contributed by atoms with Crippen molar-refractivity contribution in [1.29, 1.82) is 0 Å². The van der Waals surface area contributed by atoms with Crippen LogP contribution in [0.5, 0.6) is 0 Å². The molecule has 0 atom stereocenters. The second-order valence-corrected chi connectivity index (χ2v) is 5.04. The Kier molecular flexibility index (Phi) is 6.39. The highest BCUT2D eigenvalue weighted by molar-refractivity contribution is 6.00. The van der Waals surface area contributed by atoms with Crippen molar-refractivity contribution < 1.29 is 27.9 Å². The van der Waals surface area contributed by atoms with Gasteiger partial charge in [0.2, 0.25) is 5.91 Å². The van der Waals surface area contributed by atoms with Crippen LogP contribution in [-0.2, 0) is 15.8 Å². The Morgan fingerprint density at radius 3 is 2.29 bits per heavy atom. The lowest BCUT2D eigenvalue weighted by atomic mass is 10.1. The molecule has 0 saturated carbocycles. The van der Waals surface area contributed by atoms with Crippen LogP contribution in [0.4, 0.5) is 24.5 Å². The molecule has 0 heterocycles. The number of nitrogens with zero attached hydrogens (tertiary/aromatic N) is 1. The van der Waals surface area contributed by atoms with Crippen molar-refractivity contribution in [2.24, 2.45) is 0 Å². The van der Waals surface area contributed by atoms with E-state index in [0.717, 1.165) is 12.1 Å². The fraction of sp³-hybridized carbons (Fsp3) is 0.375. The standard InChI is InChI=1S/C16H19F3N2O3/c1-4-21(5-2)13-7-6-11(16(17,18)19)9-12(13)20-14(22)8-10(3)15(23)24/h6-7,9H,3-5,8H2,1-2H3,(H,20,22)(H,23,24). The van der Waals surface area contributed by atoms with E-state index in [0.29, 0.717) is 18.8 Å². The van der Waals surface area contributed by atoms with Crippen LogP contribution in [0.1, 0.15) is 25.8 Å². The zero-order chi connectivity index (χ0) is 18.5. The zero-order valence-electron chi connectivity index (χ0n) is 13.4. The van der Waals surface area contributed by atoms with E-state index < -0.39 is 30.0 Å². The summed E-state index contributed by atoms with van der Waals surface area (Å²) < 4.78 is 38.7. The van der Waals surface area contributed by atoms with Crippen LogP contribution in [-0.4, -0.2) is 30.1 Å². The first-order valence-electron chi connectivity index (χ1n) is 7.27. The molecule has 0 bridgehead atoms. The average molecular weight is 344 g/mol. The number of nitrogens with one attached hydrogen (secondary N) is 1. The summed E-state index contributed by atoms with van der Waals surface area (Å²) in [4.78, 5) is 24.4. The van der Waals surface area contributed by atoms with E-state index in [1.807, 2.05) is 13.8 Å². The maximum atomic E-state index is 12.9. The molecule has 0 fully saturated rings. The highest BCUT2D eigenvalue weighted by Crippen LogP contribution is 2.35. The van der Waals surface area contributed by atoms with Gasteiger partial charge in [0.15, 0.2) is 0 Å². The van der Waals surface area contributed by atoms with E-state index in [2.05, 4.69) is 11.9 Å². The smallest absolute Gasteiger partial charge is 0.416 e. The molecular formula is C16H19F3N2O3. The van der Waals surface area contributed by atoms with Crippen molar-refractivity contribution >= 4 is 23.3 Å². The lowest BCUT2D eigenvalue weighted by Crippen LogP contribution is -2.25. The number of alkyl halides is 3. The minimum absolute atomic E-state index is 0.0169. The Morgan fingerprint density at radius 2 is 1.83 bits per heavy atom. The lowest BCUT2D eigenvalue weighted by Gasteiger charge is -2.25. The second kappa shape index (κ2) is 7.85. The molecule has 1 rings (SSSR count). The highest BCUT2D eigenvalue weighted by atomic mass is 19.4. The van der Waals surface area contributed by atoms with Crippen LogP contribution in [0, 0.1) is 0 Å². The summed E-state index contributed by atoms with van der Waals surface area (Å²) in [5, 5.41) is 11.1. The predicted molar refractivity (Wildman–Crippen MR) is 85.0 cm³/mol. The Labute approximate surface area is 137 Å². The maximum Gasteiger partial charge on any atom is 0.416 e. The van der Waals surface area contributed by atoms with Crippen LogP contribution >= 0.6 is 0 Å². The molecule has 24 heavy (non-hydrogen) atoms. The molecule has 132 valence electrons. The van der Waals surface area contributed by atoms with Crippen LogP contribution in [0.2, 0.25) is 0 Å². The summed E-state index contributed by atoms with van der Waals surface area (Å²) in [6, 6.07) is 3.08. The van der Waals surface area contributed by atoms with E-state index in [-0.39, 0.29) is 11.3 Å². The molecule has 0 spiro atoms. The van der Waals surface area contributed by atoms with Gasteiger partial charge in [-0.15, -0.1) is 0 Å². The Balaban J connectivity index is 3.18. The molecule has 0 aliphatic rings. The number of anilines is 2. The first-order valence-corrected chi connectivity index (χ1v) is 7.27. The van der Waals surface area contributed by atoms with Gasteiger partial charge in [0.25, 0.3) is 0 Å². The Hall–Kier alpha value is -2.51. The molecule has 1 aromatic carbocycles. The largest absolute Gasteiger partial charge is 0.478 e. The van der Waals surface area contributed by atoms with Crippen molar-refractivity contribution in [2.75, 3.05) is 23.3 Å². The fourth-order valence-corrected chi connectivity index (χ4v) is 2.12. The van der Waals surface area contributed by atoms with Crippen LogP contribution < -0.4 is 10.2 Å². The van der Waals surface area contributed by atoms with E-state index in [1.54, 1.807) is 4.90 Å². The van der Waals surface area contributed by atoms with Crippen LogP contribution in [0.3, 0.4) is 0 Å². The summed E-state index contributed by atoms with van der Waals surface area (Å²) in [6.07, 6.45) is -5.06. The van der Waals surface area contributed by atoms with E-state index in [9.17, 15) is 22.8 Å². The summed E-state index contributed by atoms with van der Waals surface area (Å²) in [5.74, 6) is -2.08. The molecule has 0 unspecified atom stereocenters. The molecule has 2 N–H and O–H groups in total. The number of carbonyl (C=O) groups excluding carboxylic acids is 1. The first-order chi connectivity index (χ1) is 11.1. The first kappa shape index (κ1) is 19.5. The van der Waals surface area contributed by atoms with Gasteiger partial charge in [0.1, 0.15) is 0 Å². The minimum Gasteiger partial charge on any atom is -0.478 e. The molecule has 1 amide bonds. The monoisotopic (exact) mass is 344 g/mol. The Morgan fingerprint density at radius 1 is 1.25 bits per heavy atom. The van der Waals surface area contributed by atoms with Gasteiger partial charge in [-0.05, 0) is 32.0 Å². The Bertz CT molecular complexity index is 638. The molecule has 0 saturated heterocycles. The molecular weight excluding hydrogens is 325 g/mol. The van der Waals surface area contributed by atoms with Crippen molar-refractivity contribution in [3.05, 3.63) is 35.9 Å². The fourth-order valence-electron chi connectivity index (χ4n) is 2.12. The summed E-state index contributed by atoms with van der Waals surface area (Å²) in [7, 11) is 0. The molecule has 0 aromatic heterocycles. The maximum absolute atomic E-state index is 12.9. The third-order valence-electron chi connectivity index (χ3n) is 3.38.